The third-order valence-corrected chi connectivity index (χ3v) is 7.44. The van der Waals surface area contributed by atoms with Gasteiger partial charge in [-0.3, -0.25) is 9.69 Å². The van der Waals surface area contributed by atoms with E-state index in [0.29, 0.717) is 35.6 Å². The summed E-state index contributed by atoms with van der Waals surface area (Å²) >= 11 is 0. The van der Waals surface area contributed by atoms with Gasteiger partial charge in [-0.1, -0.05) is 33.1 Å². The maximum atomic E-state index is 13.8. The summed E-state index contributed by atoms with van der Waals surface area (Å²) in [6, 6.07) is 3.91. The number of aldehydes is 1. The molecule has 2 aliphatic heterocycles. The molecule has 34 heavy (non-hydrogen) atoms. The molecule has 1 amide bonds. The highest BCUT2D eigenvalue weighted by Crippen LogP contribution is 2.41. The highest BCUT2D eigenvalue weighted by molar-refractivity contribution is 6.20. The summed E-state index contributed by atoms with van der Waals surface area (Å²) in [7, 11) is 3.17. The Morgan fingerprint density at radius 1 is 1.03 bits per heavy atom. The monoisotopic (exact) mass is 469 g/mol. The largest absolute Gasteiger partial charge is 0.493 e. The summed E-state index contributed by atoms with van der Waals surface area (Å²) in [5.41, 5.74) is 2.18. The average Bonchev–Trinajstić information content (AvgIpc) is 2.87. The van der Waals surface area contributed by atoms with Crippen LogP contribution in [0.4, 0.5) is 0 Å². The van der Waals surface area contributed by atoms with Crippen LogP contribution in [0.25, 0.3) is 5.57 Å². The molecule has 7 nitrogen and oxygen atoms in total. The second-order valence-corrected chi connectivity index (χ2v) is 10.1. The molecule has 2 heterocycles. The summed E-state index contributed by atoms with van der Waals surface area (Å²) in [4.78, 5) is 32.6. The zero-order chi connectivity index (χ0) is 24.2. The Bertz CT molecular complexity index is 915. The average molecular weight is 470 g/mol. The van der Waals surface area contributed by atoms with Gasteiger partial charge in [0.1, 0.15) is 12.3 Å². The van der Waals surface area contributed by atoms with E-state index in [4.69, 9.17) is 9.47 Å². The molecule has 1 saturated carbocycles. The van der Waals surface area contributed by atoms with Gasteiger partial charge in [0.05, 0.1) is 19.8 Å². The molecular weight excluding hydrogens is 430 g/mol. The molecule has 0 aromatic heterocycles. The SMILES string of the molecule is COc1cc2c(cc1OC)C(C=O)N(CC(C)C)C=C2C(=O)N1CCN(C2CCCCC2)CC1. The first-order valence-corrected chi connectivity index (χ1v) is 12.7. The minimum atomic E-state index is -0.461. The van der Waals surface area contributed by atoms with Crippen molar-refractivity contribution in [3.63, 3.8) is 0 Å². The van der Waals surface area contributed by atoms with Gasteiger partial charge in [-0.25, -0.2) is 0 Å². The Hall–Kier alpha value is -2.54. The number of hydrogen-bond acceptors (Lipinski definition) is 6. The Morgan fingerprint density at radius 3 is 2.26 bits per heavy atom. The lowest BCUT2D eigenvalue weighted by molar-refractivity contribution is -0.127. The quantitative estimate of drug-likeness (QED) is 0.567. The van der Waals surface area contributed by atoms with Crippen LogP contribution in [0.15, 0.2) is 18.3 Å². The maximum Gasteiger partial charge on any atom is 0.256 e. The number of rotatable bonds is 7. The normalized spacial score (nSPS) is 21.8. The van der Waals surface area contributed by atoms with Gasteiger partial charge < -0.3 is 24.1 Å². The number of hydrogen-bond donors (Lipinski definition) is 0. The van der Waals surface area contributed by atoms with Gasteiger partial charge in [0.15, 0.2) is 11.5 Å². The molecule has 1 saturated heterocycles. The van der Waals surface area contributed by atoms with Crippen molar-refractivity contribution in [3.05, 3.63) is 29.5 Å². The summed E-state index contributed by atoms with van der Waals surface area (Å²) < 4.78 is 11.0. The Balaban J connectivity index is 1.62. The van der Waals surface area contributed by atoms with Crippen LogP contribution >= 0.6 is 0 Å². The maximum absolute atomic E-state index is 13.8. The van der Waals surface area contributed by atoms with Crippen molar-refractivity contribution in [2.45, 2.75) is 58.0 Å². The van der Waals surface area contributed by atoms with Gasteiger partial charge in [-0.05, 0) is 42.0 Å². The molecule has 3 aliphatic rings. The van der Waals surface area contributed by atoms with E-state index in [1.807, 2.05) is 28.1 Å². The second-order valence-electron chi connectivity index (χ2n) is 10.1. The van der Waals surface area contributed by atoms with Crippen LogP contribution in [0.2, 0.25) is 0 Å². The van der Waals surface area contributed by atoms with E-state index < -0.39 is 6.04 Å². The first kappa shape index (κ1) is 24.6. The van der Waals surface area contributed by atoms with E-state index >= 15 is 0 Å². The van der Waals surface area contributed by atoms with Crippen molar-refractivity contribution in [2.24, 2.45) is 5.92 Å². The van der Waals surface area contributed by atoms with E-state index in [0.717, 1.165) is 43.6 Å². The Morgan fingerprint density at radius 2 is 1.68 bits per heavy atom. The molecule has 0 radical (unpaired) electrons. The summed E-state index contributed by atoms with van der Waals surface area (Å²) in [6.07, 6.45) is 9.41. The molecule has 0 spiro atoms. The van der Waals surface area contributed by atoms with Gasteiger partial charge in [0.25, 0.3) is 5.91 Å². The molecule has 186 valence electrons. The van der Waals surface area contributed by atoms with Crippen LogP contribution in [-0.2, 0) is 9.59 Å². The summed E-state index contributed by atoms with van der Waals surface area (Å²) in [6.45, 7) is 8.23. The number of fused-ring (bicyclic) bond motifs is 1. The van der Waals surface area contributed by atoms with E-state index in [1.54, 1.807) is 14.2 Å². The van der Waals surface area contributed by atoms with E-state index in [1.165, 1.54) is 32.1 Å². The van der Waals surface area contributed by atoms with Crippen molar-refractivity contribution in [1.82, 2.24) is 14.7 Å². The Kier molecular flexibility index (Phi) is 7.81. The fourth-order valence-corrected chi connectivity index (χ4v) is 5.68. The van der Waals surface area contributed by atoms with Crippen LogP contribution in [0, 0.1) is 5.92 Å². The highest BCUT2D eigenvalue weighted by atomic mass is 16.5. The predicted molar refractivity (Wildman–Crippen MR) is 133 cm³/mol. The van der Waals surface area contributed by atoms with Gasteiger partial charge in [-0.2, -0.15) is 0 Å². The number of carbonyl (C=O) groups is 2. The number of piperazine rings is 1. The number of benzene rings is 1. The Labute approximate surface area is 203 Å². The first-order valence-electron chi connectivity index (χ1n) is 12.7. The molecule has 1 aliphatic carbocycles. The number of carbonyl (C=O) groups excluding carboxylic acids is 2. The second kappa shape index (κ2) is 10.8. The van der Waals surface area contributed by atoms with Crippen molar-refractivity contribution in [3.8, 4) is 11.5 Å². The van der Waals surface area contributed by atoms with Crippen molar-refractivity contribution in [2.75, 3.05) is 46.9 Å². The van der Waals surface area contributed by atoms with Crippen molar-refractivity contribution in [1.29, 1.82) is 0 Å². The molecular formula is C27H39N3O4. The van der Waals surface area contributed by atoms with Crippen LogP contribution in [0.5, 0.6) is 11.5 Å². The minimum Gasteiger partial charge on any atom is -0.493 e. The zero-order valence-corrected chi connectivity index (χ0v) is 21.1. The number of ether oxygens (including phenoxy) is 2. The fraction of sp³-hybridized carbons (Fsp3) is 0.630. The van der Waals surface area contributed by atoms with E-state index in [9.17, 15) is 9.59 Å². The molecule has 1 atom stereocenters. The standard InChI is InChI=1S/C27H39N3O4/c1-19(2)16-30-17-23(21-14-25(33-3)26(34-4)15-22(21)24(30)18-31)27(32)29-12-10-28(11-13-29)20-8-6-5-7-9-20/h14-15,17-20,24H,5-13,16H2,1-4H3. The lowest BCUT2D eigenvalue weighted by Gasteiger charge is -2.42. The van der Waals surface area contributed by atoms with Gasteiger partial charge in [0, 0.05) is 45.0 Å². The van der Waals surface area contributed by atoms with Gasteiger partial charge in [-0.15, -0.1) is 0 Å². The number of amides is 1. The highest BCUT2D eigenvalue weighted by Gasteiger charge is 2.35. The topological polar surface area (TPSA) is 62.3 Å². The van der Waals surface area contributed by atoms with Crippen LogP contribution in [0.1, 0.15) is 63.1 Å². The minimum absolute atomic E-state index is 0.0230. The fourth-order valence-electron chi connectivity index (χ4n) is 5.68. The molecule has 4 rings (SSSR count). The molecule has 0 N–H and O–H groups in total. The van der Waals surface area contributed by atoms with Gasteiger partial charge in [0.2, 0.25) is 0 Å². The molecule has 7 heteroatoms. The first-order chi connectivity index (χ1) is 16.5. The number of nitrogens with zero attached hydrogens (tertiary/aromatic N) is 3. The van der Waals surface area contributed by atoms with E-state index in [-0.39, 0.29) is 5.91 Å². The van der Waals surface area contributed by atoms with Crippen molar-refractivity contribution >= 4 is 17.8 Å². The molecule has 1 aromatic rings. The van der Waals surface area contributed by atoms with E-state index in [2.05, 4.69) is 18.7 Å². The molecule has 1 aromatic carbocycles. The molecule has 0 bridgehead atoms. The number of methoxy groups -OCH3 is 2. The van der Waals surface area contributed by atoms with Crippen LogP contribution < -0.4 is 9.47 Å². The summed E-state index contributed by atoms with van der Waals surface area (Å²) in [5, 5.41) is 0. The zero-order valence-electron chi connectivity index (χ0n) is 21.1. The smallest absolute Gasteiger partial charge is 0.256 e. The third-order valence-electron chi connectivity index (χ3n) is 7.44. The molecule has 1 unspecified atom stereocenters. The third kappa shape index (κ3) is 4.95. The lowest BCUT2D eigenvalue weighted by Crippen LogP contribution is -2.52. The van der Waals surface area contributed by atoms with Crippen LogP contribution in [-0.4, -0.2) is 79.9 Å². The van der Waals surface area contributed by atoms with Crippen molar-refractivity contribution < 1.29 is 19.1 Å². The van der Waals surface area contributed by atoms with Gasteiger partial charge >= 0.3 is 0 Å². The summed E-state index contributed by atoms with van der Waals surface area (Å²) in [5.74, 6) is 1.49. The predicted octanol–water partition coefficient (Wildman–Crippen LogP) is 3.73. The molecule has 2 fully saturated rings. The van der Waals surface area contributed by atoms with Crippen LogP contribution in [0.3, 0.4) is 0 Å². The lowest BCUT2D eigenvalue weighted by atomic mass is 9.89.